The molecule has 3 amide bonds. The van der Waals surface area contributed by atoms with Crippen LogP contribution >= 0.6 is 0 Å². The topological polar surface area (TPSA) is 83.6 Å². The zero-order valence-electron chi connectivity index (χ0n) is 12.8. The number of rotatable bonds is 2. The van der Waals surface area contributed by atoms with E-state index in [4.69, 9.17) is 0 Å². The number of amides is 3. The van der Waals surface area contributed by atoms with E-state index in [-0.39, 0.29) is 36.4 Å². The molecule has 0 bridgehead atoms. The van der Waals surface area contributed by atoms with E-state index in [0.717, 1.165) is 0 Å². The molecule has 2 rings (SSSR count). The van der Waals surface area contributed by atoms with Crippen LogP contribution in [0.3, 0.4) is 0 Å². The summed E-state index contributed by atoms with van der Waals surface area (Å²) in [5.74, 6) is -1.03. The van der Waals surface area contributed by atoms with Gasteiger partial charge >= 0.3 is 0 Å². The molecule has 6 heteroatoms. The Labute approximate surface area is 124 Å². The minimum Gasteiger partial charge on any atom is -0.331 e. The van der Waals surface area contributed by atoms with Crippen molar-refractivity contribution in [3.05, 3.63) is 0 Å². The molecule has 0 spiro atoms. The van der Waals surface area contributed by atoms with E-state index in [1.807, 2.05) is 20.8 Å². The molecular formula is C15H22N2O4. The second-order valence-electron chi connectivity index (χ2n) is 6.86. The van der Waals surface area contributed by atoms with E-state index in [1.165, 1.54) is 4.90 Å². The third-order valence-electron chi connectivity index (χ3n) is 4.16. The Balaban J connectivity index is 2.02. The normalized spacial score (nSPS) is 27.6. The van der Waals surface area contributed by atoms with Crippen LogP contribution in [0, 0.1) is 11.3 Å². The summed E-state index contributed by atoms with van der Waals surface area (Å²) in [5.41, 5.74) is -0.457. The van der Waals surface area contributed by atoms with Gasteiger partial charge < -0.3 is 4.90 Å². The first kappa shape index (κ1) is 15.7. The molecular weight excluding hydrogens is 272 g/mol. The summed E-state index contributed by atoms with van der Waals surface area (Å²) in [6.07, 6.45) is 1.37. The van der Waals surface area contributed by atoms with E-state index in [1.54, 1.807) is 0 Å². The van der Waals surface area contributed by atoms with Crippen LogP contribution in [0.1, 0.15) is 46.5 Å². The molecule has 0 aromatic rings. The molecule has 0 aliphatic carbocycles. The summed E-state index contributed by atoms with van der Waals surface area (Å²) >= 11 is 0. The van der Waals surface area contributed by atoms with Gasteiger partial charge in [-0.15, -0.1) is 0 Å². The first-order valence-electron chi connectivity index (χ1n) is 7.37. The van der Waals surface area contributed by atoms with Crippen molar-refractivity contribution in [2.45, 2.75) is 52.5 Å². The number of nitrogens with zero attached hydrogens (tertiary/aromatic N) is 1. The summed E-state index contributed by atoms with van der Waals surface area (Å²) in [5, 5.41) is 2.27. The highest BCUT2D eigenvalue weighted by atomic mass is 16.2. The molecule has 0 aromatic heterocycles. The Kier molecular flexibility index (Phi) is 4.16. The maximum absolute atomic E-state index is 12.3. The van der Waals surface area contributed by atoms with Crippen molar-refractivity contribution in [3.63, 3.8) is 0 Å². The van der Waals surface area contributed by atoms with Gasteiger partial charge in [-0.2, -0.15) is 0 Å². The lowest BCUT2D eigenvalue weighted by atomic mass is 9.78. The van der Waals surface area contributed by atoms with E-state index in [0.29, 0.717) is 19.4 Å². The Morgan fingerprint density at radius 3 is 2.38 bits per heavy atom. The highest BCUT2D eigenvalue weighted by molar-refractivity contribution is 6.02. The lowest BCUT2D eigenvalue weighted by Crippen LogP contribution is -2.56. The number of piperidine rings is 2. The maximum Gasteiger partial charge on any atom is 0.249 e. The number of hydrogen-bond acceptors (Lipinski definition) is 4. The number of ketones is 1. The van der Waals surface area contributed by atoms with Gasteiger partial charge in [-0.25, -0.2) is 0 Å². The third-order valence-corrected chi connectivity index (χ3v) is 4.16. The zero-order chi connectivity index (χ0) is 15.8. The summed E-state index contributed by atoms with van der Waals surface area (Å²) in [6.45, 7) is 5.96. The van der Waals surface area contributed by atoms with Crippen LogP contribution < -0.4 is 5.32 Å². The largest absolute Gasteiger partial charge is 0.331 e. The van der Waals surface area contributed by atoms with Gasteiger partial charge in [-0.05, 0) is 12.8 Å². The molecule has 0 radical (unpaired) electrons. The molecule has 2 fully saturated rings. The van der Waals surface area contributed by atoms with Crippen molar-refractivity contribution in [1.29, 1.82) is 0 Å². The van der Waals surface area contributed by atoms with Crippen LogP contribution in [-0.4, -0.2) is 41.0 Å². The minimum absolute atomic E-state index is 0.0961. The molecule has 2 atom stereocenters. The zero-order valence-corrected chi connectivity index (χ0v) is 12.8. The number of carbonyl (C=O) groups excluding carboxylic acids is 4. The number of imide groups is 1. The van der Waals surface area contributed by atoms with Crippen molar-refractivity contribution >= 4 is 23.5 Å². The molecule has 1 N–H and O–H groups in total. The van der Waals surface area contributed by atoms with Crippen molar-refractivity contribution in [3.8, 4) is 0 Å². The molecule has 2 aliphatic heterocycles. The second kappa shape index (κ2) is 5.58. The fourth-order valence-corrected chi connectivity index (χ4v) is 3.00. The maximum atomic E-state index is 12.3. The molecule has 0 aromatic carbocycles. The fraction of sp³-hybridized carbons (Fsp3) is 0.733. The van der Waals surface area contributed by atoms with Gasteiger partial charge in [0.1, 0.15) is 11.8 Å². The van der Waals surface area contributed by atoms with Crippen LogP contribution in [0.4, 0.5) is 0 Å². The monoisotopic (exact) mass is 294 g/mol. The number of nitrogens with one attached hydrogen (secondary N) is 1. The molecule has 6 nitrogen and oxygen atoms in total. The second-order valence-corrected chi connectivity index (χ2v) is 6.86. The van der Waals surface area contributed by atoms with Crippen molar-refractivity contribution < 1.29 is 19.2 Å². The Hall–Kier alpha value is -1.72. The Morgan fingerprint density at radius 2 is 1.86 bits per heavy atom. The van der Waals surface area contributed by atoms with E-state index >= 15 is 0 Å². The summed E-state index contributed by atoms with van der Waals surface area (Å²) in [4.78, 5) is 49.0. The molecule has 2 heterocycles. The van der Waals surface area contributed by atoms with Crippen LogP contribution in [0.2, 0.25) is 0 Å². The Morgan fingerprint density at radius 1 is 1.19 bits per heavy atom. The molecule has 2 saturated heterocycles. The smallest absolute Gasteiger partial charge is 0.249 e. The number of carbonyl (C=O) groups is 4. The molecule has 2 unspecified atom stereocenters. The van der Waals surface area contributed by atoms with Crippen molar-refractivity contribution in [2.24, 2.45) is 11.3 Å². The van der Waals surface area contributed by atoms with Gasteiger partial charge in [0.15, 0.2) is 0 Å². The number of Topliss-reactive ketones (excluding diaryl/α,β-unsaturated/α-hetero) is 1. The van der Waals surface area contributed by atoms with Crippen LogP contribution in [0.5, 0.6) is 0 Å². The van der Waals surface area contributed by atoms with Gasteiger partial charge in [-0.3, -0.25) is 24.5 Å². The van der Waals surface area contributed by atoms with Crippen LogP contribution in [-0.2, 0) is 19.2 Å². The van der Waals surface area contributed by atoms with Crippen LogP contribution in [0.25, 0.3) is 0 Å². The average molecular weight is 294 g/mol. The van der Waals surface area contributed by atoms with E-state index in [2.05, 4.69) is 5.32 Å². The van der Waals surface area contributed by atoms with Gasteiger partial charge in [0, 0.05) is 30.7 Å². The average Bonchev–Trinajstić information content (AvgIpc) is 2.37. The molecule has 116 valence electrons. The van der Waals surface area contributed by atoms with Crippen molar-refractivity contribution in [1.82, 2.24) is 10.2 Å². The summed E-state index contributed by atoms with van der Waals surface area (Å²) in [6, 6.07) is -0.569. The molecule has 2 aliphatic rings. The summed E-state index contributed by atoms with van der Waals surface area (Å²) < 4.78 is 0. The number of hydrogen-bond donors (Lipinski definition) is 1. The highest BCUT2D eigenvalue weighted by Gasteiger charge is 2.40. The lowest BCUT2D eigenvalue weighted by Gasteiger charge is -2.38. The highest BCUT2D eigenvalue weighted by Crippen LogP contribution is 2.29. The summed E-state index contributed by atoms with van der Waals surface area (Å²) in [7, 11) is 0. The number of likely N-dealkylation sites (tertiary alicyclic amines) is 1. The standard InChI is InChI=1S/C15H22N2O4/c1-15(2,3)13(20)9-6-7-17(12(19)8-9)10-4-5-11(18)16-14(10)21/h9-10H,4-8H2,1-3H3,(H,16,18,21). The van der Waals surface area contributed by atoms with E-state index in [9.17, 15) is 19.2 Å². The quantitative estimate of drug-likeness (QED) is 0.758. The minimum atomic E-state index is -0.569. The predicted molar refractivity (Wildman–Crippen MR) is 75.1 cm³/mol. The van der Waals surface area contributed by atoms with Crippen molar-refractivity contribution in [2.75, 3.05) is 6.54 Å². The van der Waals surface area contributed by atoms with Gasteiger partial charge in [0.05, 0.1) is 0 Å². The Bertz CT molecular complexity index is 492. The predicted octanol–water partition coefficient (Wildman–Crippen LogP) is 0.645. The van der Waals surface area contributed by atoms with Crippen LogP contribution in [0.15, 0.2) is 0 Å². The third kappa shape index (κ3) is 3.31. The first-order chi connectivity index (χ1) is 9.70. The molecule has 21 heavy (non-hydrogen) atoms. The van der Waals surface area contributed by atoms with Gasteiger partial charge in [-0.1, -0.05) is 20.8 Å². The van der Waals surface area contributed by atoms with E-state index < -0.39 is 17.4 Å². The van der Waals surface area contributed by atoms with Gasteiger partial charge in [0.25, 0.3) is 0 Å². The lowest BCUT2D eigenvalue weighted by molar-refractivity contribution is -0.150. The van der Waals surface area contributed by atoms with Gasteiger partial charge in [0.2, 0.25) is 17.7 Å². The first-order valence-corrected chi connectivity index (χ1v) is 7.37. The SMILES string of the molecule is CC(C)(C)C(=O)C1CCN(C2CCC(=O)NC2=O)C(=O)C1. The fourth-order valence-electron chi connectivity index (χ4n) is 3.00. The molecule has 0 saturated carbocycles.